The molecule has 0 bridgehead atoms. The highest BCUT2D eigenvalue weighted by Crippen LogP contribution is 2.30. The van der Waals surface area contributed by atoms with Gasteiger partial charge in [-0.25, -0.2) is 4.98 Å². The number of aromatic nitrogens is 2. The van der Waals surface area contributed by atoms with Gasteiger partial charge in [-0.05, 0) is 30.9 Å². The average molecular weight is 357 g/mol. The number of nitrogens with zero attached hydrogens (tertiary/aromatic N) is 2. The molecule has 2 atom stereocenters. The maximum atomic E-state index is 12.6. The SMILES string of the molecule is N[C@H]1CCC[C@@H]1CNC(=O)C1=CN(c2ccnc3[nH]ccc23)CCS1. The third-order valence-corrected chi connectivity index (χ3v) is 6.06. The van der Waals surface area contributed by atoms with Gasteiger partial charge in [0.2, 0.25) is 0 Å². The molecule has 0 spiro atoms. The van der Waals surface area contributed by atoms with Crippen molar-refractivity contribution < 1.29 is 4.79 Å². The Bertz CT molecular complexity index is 802. The lowest BCUT2D eigenvalue weighted by Gasteiger charge is -2.27. The van der Waals surface area contributed by atoms with E-state index < -0.39 is 0 Å². The van der Waals surface area contributed by atoms with E-state index in [0.717, 1.165) is 46.8 Å². The van der Waals surface area contributed by atoms with Crippen LogP contribution in [0, 0.1) is 5.92 Å². The van der Waals surface area contributed by atoms with E-state index in [1.165, 1.54) is 6.42 Å². The van der Waals surface area contributed by atoms with Crippen LogP contribution in [0.3, 0.4) is 0 Å². The van der Waals surface area contributed by atoms with Crippen molar-refractivity contribution in [1.82, 2.24) is 15.3 Å². The molecule has 3 heterocycles. The molecule has 0 radical (unpaired) electrons. The number of hydrogen-bond acceptors (Lipinski definition) is 5. The molecule has 1 fully saturated rings. The van der Waals surface area contributed by atoms with Gasteiger partial charge in [0.15, 0.2) is 0 Å². The third kappa shape index (κ3) is 3.39. The molecule has 2 aromatic rings. The Balaban J connectivity index is 1.48. The Kier molecular flexibility index (Phi) is 4.67. The molecule has 6 nitrogen and oxygen atoms in total. The second-order valence-corrected chi connectivity index (χ2v) is 7.81. The molecule has 7 heteroatoms. The molecule has 1 aliphatic carbocycles. The van der Waals surface area contributed by atoms with Crippen molar-refractivity contribution in [2.75, 3.05) is 23.7 Å². The summed E-state index contributed by atoms with van der Waals surface area (Å²) in [4.78, 5) is 22.9. The Morgan fingerprint density at radius 3 is 3.20 bits per heavy atom. The van der Waals surface area contributed by atoms with Crippen LogP contribution >= 0.6 is 11.8 Å². The number of hydrogen-bond donors (Lipinski definition) is 3. The first-order chi connectivity index (χ1) is 12.2. The smallest absolute Gasteiger partial charge is 0.259 e. The molecule has 132 valence electrons. The lowest BCUT2D eigenvalue weighted by atomic mass is 10.1. The Morgan fingerprint density at radius 1 is 1.44 bits per heavy atom. The van der Waals surface area contributed by atoms with E-state index in [-0.39, 0.29) is 11.9 Å². The number of carbonyl (C=O) groups excluding carboxylic acids is 1. The van der Waals surface area contributed by atoms with Crippen molar-refractivity contribution in [3.8, 4) is 0 Å². The van der Waals surface area contributed by atoms with Crippen LogP contribution in [0.2, 0.25) is 0 Å². The molecule has 25 heavy (non-hydrogen) atoms. The minimum absolute atomic E-state index is 0.00756. The minimum atomic E-state index is 0.00756. The number of amides is 1. The summed E-state index contributed by atoms with van der Waals surface area (Å²) in [5.41, 5.74) is 8.04. The summed E-state index contributed by atoms with van der Waals surface area (Å²) < 4.78 is 0. The van der Waals surface area contributed by atoms with Crippen LogP contribution in [0.4, 0.5) is 5.69 Å². The molecule has 0 unspecified atom stereocenters. The van der Waals surface area contributed by atoms with Crippen LogP contribution in [0.25, 0.3) is 11.0 Å². The number of nitrogens with two attached hydrogens (primary N) is 1. The maximum absolute atomic E-state index is 12.6. The van der Waals surface area contributed by atoms with E-state index in [1.807, 2.05) is 24.5 Å². The van der Waals surface area contributed by atoms with Gasteiger partial charge in [0, 0.05) is 48.9 Å². The van der Waals surface area contributed by atoms with Crippen molar-refractivity contribution in [1.29, 1.82) is 0 Å². The van der Waals surface area contributed by atoms with Gasteiger partial charge in [0.05, 0.1) is 10.6 Å². The highest BCUT2D eigenvalue weighted by Gasteiger charge is 2.25. The zero-order valence-electron chi connectivity index (χ0n) is 14.1. The maximum Gasteiger partial charge on any atom is 0.259 e. The molecule has 2 aromatic heterocycles. The normalized spacial score (nSPS) is 23.7. The molecule has 1 saturated carbocycles. The number of nitrogens with one attached hydrogen (secondary N) is 2. The highest BCUT2D eigenvalue weighted by atomic mass is 32.2. The molecular weight excluding hydrogens is 334 g/mol. The molecule has 4 rings (SSSR count). The van der Waals surface area contributed by atoms with Gasteiger partial charge in [0.25, 0.3) is 5.91 Å². The second-order valence-electron chi connectivity index (χ2n) is 6.67. The van der Waals surface area contributed by atoms with E-state index in [2.05, 4.69) is 20.2 Å². The predicted octanol–water partition coefficient (Wildman–Crippen LogP) is 2.20. The van der Waals surface area contributed by atoms with Gasteiger partial charge in [-0.1, -0.05) is 6.42 Å². The second kappa shape index (κ2) is 7.09. The number of thioether (sulfide) groups is 1. The van der Waals surface area contributed by atoms with Crippen molar-refractivity contribution in [3.63, 3.8) is 0 Å². The third-order valence-electron chi connectivity index (χ3n) is 5.08. The fraction of sp³-hybridized carbons (Fsp3) is 0.444. The van der Waals surface area contributed by atoms with E-state index in [4.69, 9.17) is 5.73 Å². The van der Waals surface area contributed by atoms with Crippen LogP contribution in [-0.2, 0) is 4.79 Å². The zero-order chi connectivity index (χ0) is 17.2. The first-order valence-electron chi connectivity index (χ1n) is 8.79. The van der Waals surface area contributed by atoms with Crippen molar-refractivity contribution in [3.05, 3.63) is 35.6 Å². The van der Waals surface area contributed by atoms with Gasteiger partial charge in [-0.3, -0.25) is 4.79 Å². The average Bonchev–Trinajstić information content (AvgIpc) is 3.28. The predicted molar refractivity (Wildman–Crippen MR) is 102 cm³/mol. The zero-order valence-corrected chi connectivity index (χ0v) is 14.9. The summed E-state index contributed by atoms with van der Waals surface area (Å²) >= 11 is 1.61. The fourth-order valence-corrected chi connectivity index (χ4v) is 4.55. The van der Waals surface area contributed by atoms with Gasteiger partial charge in [-0.2, -0.15) is 0 Å². The van der Waals surface area contributed by atoms with Crippen LogP contribution < -0.4 is 16.0 Å². The van der Waals surface area contributed by atoms with Crippen LogP contribution in [0.5, 0.6) is 0 Å². The topological polar surface area (TPSA) is 87.0 Å². The first-order valence-corrected chi connectivity index (χ1v) is 9.78. The molecule has 1 amide bonds. The number of H-pyrrole nitrogens is 1. The van der Waals surface area contributed by atoms with Crippen molar-refractivity contribution >= 4 is 34.4 Å². The summed E-state index contributed by atoms with van der Waals surface area (Å²) in [5.74, 6) is 1.30. The van der Waals surface area contributed by atoms with E-state index in [0.29, 0.717) is 12.5 Å². The van der Waals surface area contributed by atoms with Gasteiger partial charge < -0.3 is 20.9 Å². The molecular formula is C18H23N5OS. The van der Waals surface area contributed by atoms with E-state index in [1.54, 1.807) is 18.0 Å². The minimum Gasteiger partial charge on any atom is -0.351 e. The van der Waals surface area contributed by atoms with Crippen LogP contribution in [0.15, 0.2) is 35.6 Å². The quantitative estimate of drug-likeness (QED) is 0.781. The number of fused-ring (bicyclic) bond motifs is 1. The van der Waals surface area contributed by atoms with Crippen molar-refractivity contribution in [2.24, 2.45) is 11.7 Å². The van der Waals surface area contributed by atoms with Gasteiger partial charge in [-0.15, -0.1) is 11.8 Å². The van der Waals surface area contributed by atoms with Crippen molar-refractivity contribution in [2.45, 2.75) is 25.3 Å². The van der Waals surface area contributed by atoms with Crippen LogP contribution in [0.1, 0.15) is 19.3 Å². The molecule has 4 N–H and O–H groups in total. The van der Waals surface area contributed by atoms with Gasteiger partial charge >= 0.3 is 0 Å². The standard InChI is InChI=1S/C18H23N5OS/c19-14-3-1-2-12(14)10-22-18(24)16-11-23(8-9-25-16)15-5-7-21-17-13(15)4-6-20-17/h4-7,11-12,14H,1-3,8-10,19H2,(H,20,21)(H,22,24)/t12-,14+/m1/s1. The highest BCUT2D eigenvalue weighted by molar-refractivity contribution is 8.04. The Labute approximate surface area is 151 Å². The molecule has 0 saturated heterocycles. The largest absolute Gasteiger partial charge is 0.351 e. The Hall–Kier alpha value is -1.99. The number of rotatable bonds is 4. The lowest BCUT2D eigenvalue weighted by molar-refractivity contribution is -0.117. The summed E-state index contributed by atoms with van der Waals surface area (Å²) in [6.07, 6.45) is 9.00. The van der Waals surface area contributed by atoms with Gasteiger partial charge in [0.1, 0.15) is 5.65 Å². The number of pyridine rings is 1. The molecule has 0 aromatic carbocycles. The van der Waals surface area contributed by atoms with Crippen LogP contribution in [-0.4, -0.2) is 40.8 Å². The summed E-state index contributed by atoms with van der Waals surface area (Å²) in [6.45, 7) is 1.55. The lowest BCUT2D eigenvalue weighted by Crippen LogP contribution is -2.37. The molecule has 1 aliphatic heterocycles. The van der Waals surface area contributed by atoms with E-state index in [9.17, 15) is 4.79 Å². The van der Waals surface area contributed by atoms with E-state index >= 15 is 0 Å². The molecule has 2 aliphatic rings. The summed E-state index contributed by atoms with van der Waals surface area (Å²) in [6, 6.07) is 4.24. The number of carbonyl (C=O) groups is 1. The summed E-state index contributed by atoms with van der Waals surface area (Å²) in [5, 5.41) is 4.15. The number of anilines is 1. The fourth-order valence-electron chi connectivity index (χ4n) is 3.64. The first kappa shape index (κ1) is 16.5. The Morgan fingerprint density at radius 2 is 2.36 bits per heavy atom. The number of aromatic amines is 1. The summed E-state index contributed by atoms with van der Waals surface area (Å²) in [7, 11) is 0. The monoisotopic (exact) mass is 357 g/mol.